The van der Waals surface area contributed by atoms with Crippen LogP contribution in [0.1, 0.15) is 30.9 Å². The Kier molecular flexibility index (Phi) is 4.02. The van der Waals surface area contributed by atoms with Crippen LogP contribution in [0.15, 0.2) is 48.5 Å². The highest BCUT2D eigenvalue weighted by atomic mass is 19.1. The number of rotatable bonds is 4. The Morgan fingerprint density at radius 3 is 2.58 bits per heavy atom. The Morgan fingerprint density at radius 1 is 1.15 bits per heavy atom. The van der Waals surface area contributed by atoms with Gasteiger partial charge in [0.25, 0.3) is 0 Å². The number of hydrogen-bond donors (Lipinski definition) is 1. The highest BCUT2D eigenvalue weighted by molar-refractivity contribution is 6.14. The van der Waals surface area contributed by atoms with Crippen molar-refractivity contribution in [2.45, 2.75) is 38.8 Å². The molecule has 0 aromatic heterocycles. The van der Waals surface area contributed by atoms with Crippen LogP contribution in [0.4, 0.5) is 10.1 Å². The first-order chi connectivity index (χ1) is 12.5. The molecule has 4 rings (SSSR count). The van der Waals surface area contributed by atoms with Gasteiger partial charge in [-0.25, -0.2) is 4.39 Å². The predicted molar refractivity (Wildman–Crippen MR) is 97.0 cm³/mol. The van der Waals surface area contributed by atoms with E-state index in [2.05, 4.69) is 5.32 Å². The van der Waals surface area contributed by atoms with Gasteiger partial charge in [-0.2, -0.15) is 0 Å². The summed E-state index contributed by atoms with van der Waals surface area (Å²) in [4.78, 5) is 27.7. The molecule has 1 aliphatic carbocycles. The summed E-state index contributed by atoms with van der Waals surface area (Å²) in [6, 6.07) is 14.2. The molecule has 4 nitrogen and oxygen atoms in total. The standard InChI is InChI=1S/C21H21FN2O2/c1-14-12-15-6-3-5-9-18(15)24(14)20(26)21(10-11-21)19(25)23-13-16-7-2-4-8-17(16)22/h2-9,14H,10-13H2,1H3,(H,23,25). The summed E-state index contributed by atoms with van der Waals surface area (Å²) in [5.41, 5.74) is 1.45. The first-order valence-corrected chi connectivity index (χ1v) is 8.96. The topological polar surface area (TPSA) is 49.4 Å². The maximum Gasteiger partial charge on any atom is 0.242 e. The largest absolute Gasteiger partial charge is 0.351 e. The zero-order valence-corrected chi connectivity index (χ0v) is 14.7. The predicted octanol–water partition coefficient (Wildman–Crippen LogP) is 3.20. The molecular formula is C21H21FN2O2. The third-order valence-electron chi connectivity index (χ3n) is 5.42. The lowest BCUT2D eigenvalue weighted by Gasteiger charge is -2.27. The van der Waals surface area contributed by atoms with E-state index in [0.29, 0.717) is 18.4 Å². The fraction of sp³-hybridized carbons (Fsp3) is 0.333. The number of hydrogen-bond acceptors (Lipinski definition) is 2. The summed E-state index contributed by atoms with van der Waals surface area (Å²) in [5.74, 6) is -0.797. The Morgan fingerprint density at radius 2 is 1.85 bits per heavy atom. The average molecular weight is 352 g/mol. The van der Waals surface area contributed by atoms with E-state index in [0.717, 1.165) is 17.7 Å². The second-order valence-electron chi connectivity index (χ2n) is 7.21. The van der Waals surface area contributed by atoms with Gasteiger partial charge in [-0.15, -0.1) is 0 Å². The number of halogens is 1. The summed E-state index contributed by atoms with van der Waals surface area (Å²) < 4.78 is 13.7. The van der Waals surface area contributed by atoms with Crippen molar-refractivity contribution in [2.75, 3.05) is 4.90 Å². The summed E-state index contributed by atoms with van der Waals surface area (Å²) in [6.07, 6.45) is 1.88. The van der Waals surface area contributed by atoms with E-state index in [1.807, 2.05) is 31.2 Å². The summed E-state index contributed by atoms with van der Waals surface area (Å²) >= 11 is 0. The molecule has 0 saturated heterocycles. The third kappa shape index (κ3) is 2.68. The quantitative estimate of drug-likeness (QED) is 0.859. The minimum absolute atomic E-state index is 0.0387. The molecule has 1 atom stereocenters. The lowest BCUT2D eigenvalue weighted by atomic mass is 10.0. The molecular weight excluding hydrogens is 331 g/mol. The highest BCUT2D eigenvalue weighted by Gasteiger charge is 2.59. The highest BCUT2D eigenvalue weighted by Crippen LogP contribution is 2.50. The molecule has 1 saturated carbocycles. The fourth-order valence-corrected chi connectivity index (χ4v) is 3.76. The van der Waals surface area contributed by atoms with E-state index in [-0.39, 0.29) is 30.2 Å². The maximum atomic E-state index is 13.7. The van der Waals surface area contributed by atoms with Crippen LogP contribution < -0.4 is 10.2 Å². The number of carbonyl (C=O) groups is 2. The molecule has 1 fully saturated rings. The average Bonchev–Trinajstić information content (AvgIpc) is 3.38. The molecule has 26 heavy (non-hydrogen) atoms. The molecule has 0 bridgehead atoms. The van der Waals surface area contributed by atoms with Crippen molar-refractivity contribution in [2.24, 2.45) is 5.41 Å². The number of benzene rings is 2. The molecule has 2 aromatic rings. The molecule has 1 heterocycles. The summed E-state index contributed by atoms with van der Waals surface area (Å²) in [6.45, 7) is 2.10. The molecule has 0 spiro atoms. The zero-order valence-electron chi connectivity index (χ0n) is 14.7. The molecule has 2 amide bonds. The van der Waals surface area contributed by atoms with Crippen LogP contribution in [0, 0.1) is 11.2 Å². The van der Waals surface area contributed by atoms with E-state index in [9.17, 15) is 14.0 Å². The van der Waals surface area contributed by atoms with Crippen LogP contribution in [0.25, 0.3) is 0 Å². The molecule has 1 unspecified atom stereocenters. The van der Waals surface area contributed by atoms with E-state index in [1.165, 1.54) is 6.07 Å². The number of para-hydroxylation sites is 1. The minimum Gasteiger partial charge on any atom is -0.351 e. The van der Waals surface area contributed by atoms with E-state index in [1.54, 1.807) is 23.1 Å². The second kappa shape index (κ2) is 6.24. The first-order valence-electron chi connectivity index (χ1n) is 8.96. The van der Waals surface area contributed by atoms with Gasteiger partial charge in [-0.1, -0.05) is 36.4 Å². The molecule has 0 radical (unpaired) electrons. The van der Waals surface area contributed by atoms with Crippen molar-refractivity contribution < 1.29 is 14.0 Å². The normalized spacial score (nSPS) is 19.8. The van der Waals surface area contributed by atoms with Gasteiger partial charge in [0.15, 0.2) is 0 Å². The summed E-state index contributed by atoms with van der Waals surface area (Å²) in [5, 5.41) is 2.76. The van der Waals surface area contributed by atoms with Crippen molar-refractivity contribution >= 4 is 17.5 Å². The second-order valence-corrected chi connectivity index (χ2v) is 7.21. The first kappa shape index (κ1) is 16.8. The van der Waals surface area contributed by atoms with Crippen LogP contribution in [0.5, 0.6) is 0 Å². The van der Waals surface area contributed by atoms with Crippen molar-refractivity contribution in [1.82, 2.24) is 5.32 Å². The third-order valence-corrected chi connectivity index (χ3v) is 5.42. The number of amides is 2. The lowest BCUT2D eigenvalue weighted by Crippen LogP contribution is -2.47. The van der Waals surface area contributed by atoms with Gasteiger partial charge in [-0.3, -0.25) is 9.59 Å². The smallest absolute Gasteiger partial charge is 0.242 e. The number of fused-ring (bicyclic) bond motifs is 1. The lowest BCUT2D eigenvalue weighted by molar-refractivity contribution is -0.136. The van der Waals surface area contributed by atoms with E-state index < -0.39 is 5.41 Å². The Bertz CT molecular complexity index is 876. The maximum absolute atomic E-state index is 13.7. The van der Waals surface area contributed by atoms with Crippen LogP contribution in [-0.2, 0) is 22.6 Å². The van der Waals surface area contributed by atoms with Crippen LogP contribution in [-0.4, -0.2) is 17.9 Å². The fourth-order valence-electron chi connectivity index (χ4n) is 3.76. The van der Waals surface area contributed by atoms with Gasteiger partial charge in [0.05, 0.1) is 0 Å². The van der Waals surface area contributed by atoms with Crippen molar-refractivity contribution in [3.8, 4) is 0 Å². The summed E-state index contributed by atoms with van der Waals surface area (Å²) in [7, 11) is 0. The van der Waals surface area contributed by atoms with Gasteiger partial charge in [0.1, 0.15) is 11.2 Å². The monoisotopic (exact) mass is 352 g/mol. The number of nitrogens with zero attached hydrogens (tertiary/aromatic N) is 1. The van der Waals surface area contributed by atoms with Crippen LogP contribution in [0.2, 0.25) is 0 Å². The molecule has 2 aliphatic rings. The van der Waals surface area contributed by atoms with Gasteiger partial charge in [0.2, 0.25) is 11.8 Å². The molecule has 1 aliphatic heterocycles. The molecule has 1 N–H and O–H groups in total. The van der Waals surface area contributed by atoms with E-state index >= 15 is 0 Å². The van der Waals surface area contributed by atoms with E-state index in [4.69, 9.17) is 0 Å². The Balaban J connectivity index is 1.51. The minimum atomic E-state index is -1.00. The van der Waals surface area contributed by atoms with Gasteiger partial charge < -0.3 is 10.2 Å². The van der Waals surface area contributed by atoms with Crippen LogP contribution >= 0.6 is 0 Å². The van der Waals surface area contributed by atoms with Crippen molar-refractivity contribution in [3.63, 3.8) is 0 Å². The van der Waals surface area contributed by atoms with Crippen LogP contribution in [0.3, 0.4) is 0 Å². The van der Waals surface area contributed by atoms with Gasteiger partial charge >= 0.3 is 0 Å². The molecule has 134 valence electrons. The van der Waals surface area contributed by atoms with Crippen molar-refractivity contribution in [1.29, 1.82) is 0 Å². The number of nitrogens with one attached hydrogen (secondary N) is 1. The molecule has 2 aromatic carbocycles. The van der Waals surface area contributed by atoms with Crippen molar-refractivity contribution in [3.05, 3.63) is 65.5 Å². The number of carbonyl (C=O) groups excluding carboxylic acids is 2. The zero-order chi connectivity index (χ0) is 18.3. The Hall–Kier alpha value is -2.69. The Labute approximate surface area is 152 Å². The van der Waals surface area contributed by atoms with Gasteiger partial charge in [0, 0.05) is 23.8 Å². The van der Waals surface area contributed by atoms with Gasteiger partial charge in [-0.05, 0) is 43.9 Å². The number of anilines is 1. The molecule has 5 heteroatoms. The SMILES string of the molecule is CC1Cc2ccccc2N1C(=O)C1(C(=O)NCc2ccccc2F)CC1.